The van der Waals surface area contributed by atoms with Crippen molar-refractivity contribution in [1.82, 2.24) is 0 Å². The molecule has 1 aromatic carbocycles. The summed E-state index contributed by atoms with van der Waals surface area (Å²) in [5.74, 6) is 0.569. The van der Waals surface area contributed by atoms with Crippen molar-refractivity contribution in [2.45, 2.75) is 72.0 Å². The third-order valence-corrected chi connectivity index (χ3v) is 8.27. The molecule has 1 aromatic heterocycles. The van der Waals surface area contributed by atoms with Gasteiger partial charge in [0.1, 0.15) is 17.4 Å². The second-order valence-corrected chi connectivity index (χ2v) is 10.7. The molecule has 0 aliphatic heterocycles. The van der Waals surface area contributed by atoms with Crippen molar-refractivity contribution in [3.8, 4) is 5.75 Å². The van der Waals surface area contributed by atoms with Crippen molar-refractivity contribution < 1.29 is 23.8 Å². The predicted molar refractivity (Wildman–Crippen MR) is 121 cm³/mol. The fraction of sp³-hybridized carbons (Fsp3) is 0.615. The van der Waals surface area contributed by atoms with Crippen LogP contribution in [0.2, 0.25) is 0 Å². The normalized spacial score (nSPS) is 34.0. The zero-order valence-electron chi connectivity index (χ0n) is 19.6. The lowest BCUT2D eigenvalue weighted by molar-refractivity contribution is -0.210. The third kappa shape index (κ3) is 3.94. The largest absolute Gasteiger partial charge is 0.493 e. The van der Waals surface area contributed by atoms with Gasteiger partial charge in [-0.2, -0.15) is 0 Å². The molecule has 6 heteroatoms. The van der Waals surface area contributed by atoms with Crippen LogP contribution in [-0.4, -0.2) is 29.4 Å². The van der Waals surface area contributed by atoms with E-state index in [1.54, 1.807) is 12.1 Å². The van der Waals surface area contributed by atoms with Crippen molar-refractivity contribution >= 4 is 16.9 Å². The van der Waals surface area contributed by atoms with Crippen molar-refractivity contribution in [3.05, 3.63) is 40.8 Å². The summed E-state index contributed by atoms with van der Waals surface area (Å²) in [6.07, 6.45) is 3.06. The lowest BCUT2D eigenvalue weighted by Crippen LogP contribution is -2.62. The Hall–Kier alpha value is -2.34. The van der Waals surface area contributed by atoms with Crippen LogP contribution in [0.15, 0.2) is 39.5 Å². The fourth-order valence-corrected chi connectivity index (χ4v) is 6.59. The van der Waals surface area contributed by atoms with Crippen LogP contribution >= 0.6 is 0 Å². The molecule has 2 aliphatic carbocycles. The Kier molecular flexibility index (Phi) is 5.64. The Morgan fingerprint density at radius 3 is 2.56 bits per heavy atom. The van der Waals surface area contributed by atoms with E-state index in [-0.39, 0.29) is 34.7 Å². The summed E-state index contributed by atoms with van der Waals surface area (Å²) in [7, 11) is 0. The molecule has 2 fully saturated rings. The average molecular weight is 443 g/mol. The molecule has 6 nitrogen and oxygen atoms in total. The Morgan fingerprint density at radius 2 is 1.84 bits per heavy atom. The van der Waals surface area contributed by atoms with E-state index in [1.165, 1.54) is 13.0 Å². The molecule has 2 aliphatic rings. The quantitative estimate of drug-likeness (QED) is 0.545. The molecule has 0 bridgehead atoms. The number of esters is 1. The molecule has 0 radical (unpaired) electrons. The minimum Gasteiger partial charge on any atom is -0.493 e. The third-order valence-electron chi connectivity index (χ3n) is 8.27. The number of carbonyl (C=O) groups excluding carboxylic acids is 1. The monoisotopic (exact) mass is 442 g/mol. The molecule has 1 heterocycles. The Bertz CT molecular complexity index is 1070. The van der Waals surface area contributed by atoms with Gasteiger partial charge in [0.15, 0.2) is 0 Å². The van der Waals surface area contributed by atoms with Crippen LogP contribution in [0, 0.1) is 22.7 Å². The van der Waals surface area contributed by atoms with Gasteiger partial charge in [0.05, 0.1) is 12.2 Å². The molecule has 0 saturated heterocycles. The molecule has 32 heavy (non-hydrogen) atoms. The first-order valence-electron chi connectivity index (χ1n) is 11.5. The molecular weight excluding hydrogens is 408 g/mol. The Labute approximate surface area is 188 Å². The zero-order valence-corrected chi connectivity index (χ0v) is 19.6. The van der Waals surface area contributed by atoms with E-state index in [4.69, 9.17) is 13.9 Å². The number of benzene rings is 1. The summed E-state index contributed by atoms with van der Waals surface area (Å²) in [6, 6.07) is 8.59. The highest BCUT2D eigenvalue weighted by molar-refractivity contribution is 5.77. The van der Waals surface area contributed by atoms with E-state index in [1.807, 2.05) is 19.1 Å². The van der Waals surface area contributed by atoms with Gasteiger partial charge in [-0.1, -0.05) is 20.8 Å². The first kappa shape index (κ1) is 22.8. The minimum atomic E-state index is -0.862. The van der Waals surface area contributed by atoms with E-state index >= 15 is 0 Å². The van der Waals surface area contributed by atoms with Crippen LogP contribution in [0.25, 0.3) is 11.0 Å². The molecule has 0 unspecified atom stereocenters. The summed E-state index contributed by atoms with van der Waals surface area (Å²) in [4.78, 5) is 23.2. The van der Waals surface area contributed by atoms with Crippen molar-refractivity contribution in [2.24, 2.45) is 22.7 Å². The fourth-order valence-electron chi connectivity index (χ4n) is 6.59. The minimum absolute atomic E-state index is 0.0928. The van der Waals surface area contributed by atoms with E-state index in [9.17, 15) is 14.7 Å². The first-order valence-corrected chi connectivity index (χ1v) is 11.5. The Balaban J connectivity index is 1.59. The highest BCUT2D eigenvalue weighted by Gasteiger charge is 2.61. The van der Waals surface area contributed by atoms with Gasteiger partial charge in [-0.05, 0) is 62.1 Å². The van der Waals surface area contributed by atoms with Gasteiger partial charge in [-0.3, -0.25) is 4.79 Å². The molecule has 0 amide bonds. The molecule has 1 N–H and O–H groups in total. The summed E-state index contributed by atoms with van der Waals surface area (Å²) in [5.41, 5.74) is -1.13. The summed E-state index contributed by atoms with van der Waals surface area (Å²) in [5, 5.41) is 12.2. The van der Waals surface area contributed by atoms with Crippen LogP contribution in [-0.2, 0) is 9.53 Å². The summed E-state index contributed by atoms with van der Waals surface area (Å²) >= 11 is 0. The molecule has 174 valence electrons. The first-order chi connectivity index (χ1) is 14.9. The van der Waals surface area contributed by atoms with Gasteiger partial charge in [0, 0.05) is 35.8 Å². The van der Waals surface area contributed by atoms with E-state index < -0.39 is 11.2 Å². The number of hydrogen-bond donors (Lipinski definition) is 1. The van der Waals surface area contributed by atoms with Crippen LogP contribution in [0.5, 0.6) is 5.75 Å². The van der Waals surface area contributed by atoms with Crippen LogP contribution < -0.4 is 10.4 Å². The van der Waals surface area contributed by atoms with Gasteiger partial charge in [0.2, 0.25) is 0 Å². The molecule has 2 saturated carbocycles. The topological polar surface area (TPSA) is 86.0 Å². The maximum Gasteiger partial charge on any atom is 0.336 e. The number of aliphatic hydroxyl groups is 1. The van der Waals surface area contributed by atoms with Gasteiger partial charge < -0.3 is 19.0 Å². The number of hydrogen-bond acceptors (Lipinski definition) is 6. The lowest BCUT2D eigenvalue weighted by atomic mass is 9.45. The van der Waals surface area contributed by atoms with E-state index in [2.05, 4.69) is 20.8 Å². The lowest BCUT2D eigenvalue weighted by Gasteiger charge is -2.62. The van der Waals surface area contributed by atoms with Crippen molar-refractivity contribution in [1.29, 1.82) is 0 Å². The summed E-state index contributed by atoms with van der Waals surface area (Å²) < 4.78 is 17.2. The maximum atomic E-state index is 11.7. The molecular formula is C26H34O6. The molecule has 4 rings (SSSR count). The number of rotatable bonds is 4. The number of fused-ring (bicyclic) bond motifs is 2. The molecule has 2 aromatic rings. The van der Waals surface area contributed by atoms with Crippen LogP contribution in [0.4, 0.5) is 0 Å². The van der Waals surface area contributed by atoms with Crippen molar-refractivity contribution in [2.75, 3.05) is 6.61 Å². The summed E-state index contributed by atoms with van der Waals surface area (Å²) in [6.45, 7) is 10.4. The van der Waals surface area contributed by atoms with Crippen LogP contribution in [0.3, 0.4) is 0 Å². The van der Waals surface area contributed by atoms with Gasteiger partial charge in [0.25, 0.3) is 0 Å². The molecule has 0 spiro atoms. The predicted octanol–water partition coefficient (Wildman–Crippen LogP) is 4.71. The standard InChI is InChI=1S/C26H34O6/c1-16(27)31-22-11-12-25(4)20(24(22,2)3)10-13-26(5,29)21(25)15-30-18-8-6-17-7-9-23(28)32-19(17)14-18/h6-9,14,20-22,29H,10-13,15H2,1-5H3/t20-,21-,22-,25+,26-/m0/s1. The number of carbonyl (C=O) groups is 1. The van der Waals surface area contributed by atoms with Gasteiger partial charge in [-0.15, -0.1) is 0 Å². The average Bonchev–Trinajstić information content (AvgIpc) is 2.68. The number of ether oxygens (including phenoxy) is 2. The smallest absolute Gasteiger partial charge is 0.336 e. The van der Waals surface area contributed by atoms with Gasteiger partial charge in [-0.25, -0.2) is 4.79 Å². The second-order valence-electron chi connectivity index (χ2n) is 10.7. The molecule has 5 atom stereocenters. The zero-order chi connectivity index (χ0) is 23.3. The van der Waals surface area contributed by atoms with E-state index in [0.29, 0.717) is 24.4 Å². The van der Waals surface area contributed by atoms with Crippen LogP contribution in [0.1, 0.15) is 60.3 Å². The second kappa shape index (κ2) is 7.91. The SMILES string of the molecule is CC(=O)O[C@H]1CC[C@]2(C)[C@@H](CC[C@](C)(O)[C@H]2COc2ccc3ccc(=O)oc3c2)C1(C)C. The highest BCUT2D eigenvalue weighted by Crippen LogP contribution is 2.62. The Morgan fingerprint density at radius 1 is 1.12 bits per heavy atom. The van der Waals surface area contributed by atoms with E-state index in [0.717, 1.165) is 24.6 Å². The van der Waals surface area contributed by atoms with Crippen molar-refractivity contribution in [3.63, 3.8) is 0 Å². The highest BCUT2D eigenvalue weighted by atomic mass is 16.5. The maximum absolute atomic E-state index is 11.7. The van der Waals surface area contributed by atoms with Gasteiger partial charge >= 0.3 is 11.6 Å².